The van der Waals surface area contributed by atoms with Crippen LogP contribution in [-0.4, -0.2) is 30.3 Å². The number of carbonyl (C=O) groups excluding carboxylic acids is 1. The Hall–Kier alpha value is -2.95. The number of rotatable bonds is 6. The standard InChI is InChI=1S/C20H23NO4/c1-13(2)7-10-16-17(24-3)12-14(8-9-15-6-5-11-21-15)18(19(16)22)20(23)25-4/h5-9,11-12,21-22H,10H2,1-4H3/b9-8-. The van der Waals surface area contributed by atoms with E-state index >= 15 is 0 Å². The van der Waals surface area contributed by atoms with E-state index in [1.165, 1.54) is 14.2 Å². The molecule has 0 spiro atoms. The molecule has 25 heavy (non-hydrogen) atoms. The number of aromatic amines is 1. The highest BCUT2D eigenvalue weighted by Gasteiger charge is 2.22. The summed E-state index contributed by atoms with van der Waals surface area (Å²) in [6, 6.07) is 5.51. The first-order valence-corrected chi connectivity index (χ1v) is 7.94. The number of phenols is 1. The van der Waals surface area contributed by atoms with Crippen molar-refractivity contribution in [1.29, 1.82) is 0 Å². The first-order valence-electron chi connectivity index (χ1n) is 7.94. The van der Waals surface area contributed by atoms with Gasteiger partial charge in [-0.2, -0.15) is 0 Å². The van der Waals surface area contributed by atoms with E-state index in [0.29, 0.717) is 23.3 Å². The summed E-state index contributed by atoms with van der Waals surface area (Å²) < 4.78 is 10.3. The van der Waals surface area contributed by atoms with Gasteiger partial charge in [0.1, 0.15) is 17.1 Å². The summed E-state index contributed by atoms with van der Waals surface area (Å²) >= 11 is 0. The SMILES string of the molecule is COC(=O)c1c(/C=C\c2ccc[nH]2)cc(OC)c(CC=C(C)C)c1O. The largest absolute Gasteiger partial charge is 0.507 e. The quantitative estimate of drug-likeness (QED) is 0.610. The van der Waals surface area contributed by atoms with Crippen LogP contribution in [0.2, 0.25) is 0 Å². The average molecular weight is 341 g/mol. The summed E-state index contributed by atoms with van der Waals surface area (Å²) in [4.78, 5) is 15.3. The maximum absolute atomic E-state index is 12.2. The van der Waals surface area contributed by atoms with Crippen LogP contribution in [-0.2, 0) is 11.2 Å². The molecule has 0 unspecified atom stereocenters. The normalized spacial score (nSPS) is 10.7. The molecule has 132 valence electrons. The summed E-state index contributed by atoms with van der Waals surface area (Å²) in [5.41, 5.74) is 3.20. The monoisotopic (exact) mass is 341 g/mol. The molecule has 1 aromatic carbocycles. The van der Waals surface area contributed by atoms with Crippen molar-refractivity contribution in [1.82, 2.24) is 4.98 Å². The Morgan fingerprint density at radius 1 is 1.28 bits per heavy atom. The van der Waals surface area contributed by atoms with Crippen molar-refractivity contribution in [3.05, 3.63) is 58.4 Å². The van der Waals surface area contributed by atoms with E-state index in [1.807, 2.05) is 44.3 Å². The summed E-state index contributed by atoms with van der Waals surface area (Å²) in [5.74, 6) is -0.187. The predicted molar refractivity (Wildman–Crippen MR) is 98.9 cm³/mol. The van der Waals surface area contributed by atoms with Gasteiger partial charge in [0.25, 0.3) is 0 Å². The number of aromatic hydroxyl groups is 1. The molecule has 0 fully saturated rings. The van der Waals surface area contributed by atoms with Crippen molar-refractivity contribution in [3.63, 3.8) is 0 Å². The van der Waals surface area contributed by atoms with Crippen LogP contribution in [0.15, 0.2) is 36.0 Å². The minimum atomic E-state index is -0.593. The molecular weight excluding hydrogens is 318 g/mol. The molecule has 0 radical (unpaired) electrons. The zero-order valence-corrected chi connectivity index (χ0v) is 14.9. The van der Waals surface area contributed by atoms with Crippen LogP contribution in [0.3, 0.4) is 0 Å². The molecule has 2 aromatic rings. The maximum atomic E-state index is 12.2. The summed E-state index contributed by atoms with van der Waals surface area (Å²) in [5, 5.41) is 10.7. The van der Waals surface area contributed by atoms with E-state index in [1.54, 1.807) is 12.1 Å². The molecule has 5 heteroatoms. The van der Waals surface area contributed by atoms with Crippen LogP contribution in [0.4, 0.5) is 0 Å². The summed E-state index contributed by atoms with van der Waals surface area (Å²) in [6.45, 7) is 3.94. The Balaban J connectivity index is 2.59. The number of methoxy groups -OCH3 is 2. The minimum absolute atomic E-state index is 0.116. The van der Waals surface area contributed by atoms with Gasteiger partial charge in [-0.25, -0.2) is 4.79 Å². The van der Waals surface area contributed by atoms with E-state index in [9.17, 15) is 9.90 Å². The van der Waals surface area contributed by atoms with Crippen molar-refractivity contribution < 1.29 is 19.4 Å². The van der Waals surface area contributed by atoms with Gasteiger partial charge in [0.2, 0.25) is 0 Å². The molecule has 0 aliphatic carbocycles. The number of carbonyl (C=O) groups is 1. The number of aromatic nitrogens is 1. The molecule has 0 amide bonds. The van der Waals surface area contributed by atoms with E-state index < -0.39 is 5.97 Å². The van der Waals surface area contributed by atoms with Crippen molar-refractivity contribution >= 4 is 18.1 Å². The molecule has 0 bridgehead atoms. The van der Waals surface area contributed by atoms with Gasteiger partial charge in [-0.05, 0) is 50.1 Å². The third kappa shape index (κ3) is 4.32. The molecular formula is C20H23NO4. The number of hydrogen-bond acceptors (Lipinski definition) is 4. The second-order valence-corrected chi connectivity index (χ2v) is 5.81. The molecule has 1 heterocycles. The van der Waals surface area contributed by atoms with Crippen molar-refractivity contribution in [2.45, 2.75) is 20.3 Å². The average Bonchev–Trinajstić information content (AvgIpc) is 3.11. The number of nitrogens with one attached hydrogen (secondary N) is 1. The lowest BCUT2D eigenvalue weighted by Gasteiger charge is -2.15. The number of benzene rings is 1. The van der Waals surface area contributed by atoms with Crippen molar-refractivity contribution in [3.8, 4) is 11.5 Å². The predicted octanol–water partition coefficient (Wildman–Crippen LogP) is 4.19. The topological polar surface area (TPSA) is 71.6 Å². The van der Waals surface area contributed by atoms with Crippen LogP contribution >= 0.6 is 0 Å². The fourth-order valence-corrected chi connectivity index (χ4v) is 2.47. The number of H-pyrrole nitrogens is 1. The number of allylic oxidation sites excluding steroid dienone is 2. The van der Waals surface area contributed by atoms with Gasteiger partial charge in [0.05, 0.1) is 14.2 Å². The molecule has 0 atom stereocenters. The number of phenolic OH excluding ortho intramolecular Hbond substituents is 1. The van der Waals surface area contributed by atoms with Crippen molar-refractivity contribution in [2.24, 2.45) is 0 Å². The highest BCUT2D eigenvalue weighted by Crippen LogP contribution is 2.36. The van der Waals surface area contributed by atoms with Crippen LogP contribution in [0, 0.1) is 0 Å². The fourth-order valence-electron chi connectivity index (χ4n) is 2.47. The minimum Gasteiger partial charge on any atom is -0.507 e. The van der Waals surface area contributed by atoms with Gasteiger partial charge in [0, 0.05) is 17.5 Å². The van der Waals surface area contributed by atoms with Crippen LogP contribution in [0.5, 0.6) is 11.5 Å². The lowest BCUT2D eigenvalue weighted by Crippen LogP contribution is -2.07. The lowest BCUT2D eigenvalue weighted by atomic mass is 9.97. The van der Waals surface area contributed by atoms with Gasteiger partial charge in [-0.1, -0.05) is 17.7 Å². The Kier molecular flexibility index (Phi) is 6.06. The van der Waals surface area contributed by atoms with Gasteiger partial charge in [-0.15, -0.1) is 0 Å². The third-order valence-corrected chi connectivity index (χ3v) is 3.78. The van der Waals surface area contributed by atoms with E-state index in [4.69, 9.17) is 9.47 Å². The van der Waals surface area contributed by atoms with Gasteiger partial charge < -0.3 is 19.6 Å². The molecule has 0 aliphatic rings. The highest BCUT2D eigenvalue weighted by atomic mass is 16.5. The first kappa shape index (κ1) is 18.4. The maximum Gasteiger partial charge on any atom is 0.342 e. The smallest absolute Gasteiger partial charge is 0.342 e. The zero-order chi connectivity index (χ0) is 18.4. The number of ether oxygens (including phenoxy) is 2. The van der Waals surface area contributed by atoms with Crippen molar-refractivity contribution in [2.75, 3.05) is 14.2 Å². The summed E-state index contributed by atoms with van der Waals surface area (Å²) in [6.07, 6.45) is 7.79. The molecule has 0 saturated carbocycles. The zero-order valence-electron chi connectivity index (χ0n) is 14.9. The second-order valence-electron chi connectivity index (χ2n) is 5.81. The van der Waals surface area contributed by atoms with Gasteiger partial charge >= 0.3 is 5.97 Å². The Bertz CT molecular complexity index is 798. The number of hydrogen-bond donors (Lipinski definition) is 2. The third-order valence-electron chi connectivity index (χ3n) is 3.78. The van der Waals surface area contributed by atoms with E-state index in [2.05, 4.69) is 4.98 Å². The number of esters is 1. The fraction of sp³-hybridized carbons (Fsp3) is 0.250. The molecule has 0 saturated heterocycles. The second kappa shape index (κ2) is 8.24. The molecule has 1 aromatic heterocycles. The lowest BCUT2D eigenvalue weighted by molar-refractivity contribution is 0.0597. The highest BCUT2D eigenvalue weighted by molar-refractivity contribution is 5.98. The van der Waals surface area contributed by atoms with Gasteiger partial charge in [0.15, 0.2) is 0 Å². The van der Waals surface area contributed by atoms with Crippen LogP contribution < -0.4 is 4.74 Å². The van der Waals surface area contributed by atoms with Gasteiger partial charge in [-0.3, -0.25) is 0 Å². The van der Waals surface area contributed by atoms with Crippen LogP contribution in [0.1, 0.15) is 41.0 Å². The first-order chi connectivity index (χ1) is 12.0. The Morgan fingerprint density at radius 3 is 2.60 bits per heavy atom. The van der Waals surface area contributed by atoms with E-state index in [0.717, 1.165) is 11.3 Å². The Morgan fingerprint density at radius 2 is 2.04 bits per heavy atom. The van der Waals surface area contributed by atoms with Crippen LogP contribution in [0.25, 0.3) is 12.2 Å². The molecule has 5 nitrogen and oxygen atoms in total. The Labute approximate surface area is 147 Å². The molecule has 2 N–H and O–H groups in total. The van der Waals surface area contributed by atoms with E-state index in [-0.39, 0.29) is 11.3 Å². The summed E-state index contributed by atoms with van der Waals surface area (Å²) in [7, 11) is 2.83. The molecule has 2 rings (SSSR count). The molecule has 0 aliphatic heterocycles.